The molecule has 4 atom stereocenters. The highest BCUT2D eigenvalue weighted by atomic mass is 35.5. The molecule has 2 nitrogen and oxygen atoms in total. The molecule has 0 spiro atoms. The molecule has 1 aliphatic carbocycles. The van der Waals surface area contributed by atoms with Crippen LogP contribution in [0.15, 0.2) is 24.3 Å². The fourth-order valence-electron chi connectivity index (χ4n) is 2.58. The number of piperidine rings is 1. The third-order valence-electron chi connectivity index (χ3n) is 3.48. The Morgan fingerprint density at radius 2 is 2.00 bits per heavy atom. The van der Waals surface area contributed by atoms with E-state index in [0.717, 1.165) is 11.6 Å². The van der Waals surface area contributed by atoms with Gasteiger partial charge in [-0.15, -0.1) is 0 Å². The molecule has 2 fully saturated rings. The van der Waals surface area contributed by atoms with E-state index in [1.165, 1.54) is 5.56 Å². The molecular weight excluding hydrogens is 196 g/mol. The van der Waals surface area contributed by atoms with Crippen molar-refractivity contribution in [2.24, 2.45) is 17.6 Å². The van der Waals surface area contributed by atoms with Gasteiger partial charge >= 0.3 is 0 Å². The molecule has 1 aromatic rings. The van der Waals surface area contributed by atoms with Crippen LogP contribution in [-0.4, -0.2) is 12.6 Å². The highest BCUT2D eigenvalue weighted by molar-refractivity contribution is 6.30. The Bertz CT molecular complexity index is 349. The van der Waals surface area contributed by atoms with Crippen molar-refractivity contribution in [2.75, 3.05) is 6.54 Å². The molecule has 4 unspecified atom stereocenters. The van der Waals surface area contributed by atoms with Crippen molar-refractivity contribution in [3.63, 3.8) is 0 Å². The topological polar surface area (TPSA) is 38.0 Å². The molecule has 0 bridgehead atoms. The average Bonchev–Trinajstić information content (AvgIpc) is 2.63. The lowest BCUT2D eigenvalue weighted by molar-refractivity contribution is 0.537. The number of rotatable bonds is 1. The Balaban J connectivity index is 1.86. The molecule has 1 heterocycles. The van der Waals surface area contributed by atoms with Gasteiger partial charge in [-0.2, -0.15) is 0 Å². The normalized spacial score (nSPS) is 39.6. The molecule has 1 aliphatic heterocycles. The summed E-state index contributed by atoms with van der Waals surface area (Å²) in [4.78, 5) is 0. The van der Waals surface area contributed by atoms with Gasteiger partial charge in [0.25, 0.3) is 0 Å². The van der Waals surface area contributed by atoms with Crippen molar-refractivity contribution in [1.82, 2.24) is 5.32 Å². The van der Waals surface area contributed by atoms with E-state index >= 15 is 0 Å². The minimum atomic E-state index is 0.414. The molecule has 1 saturated heterocycles. The van der Waals surface area contributed by atoms with Gasteiger partial charge in [0.05, 0.1) is 0 Å². The number of halogens is 1. The molecule has 0 aromatic heterocycles. The summed E-state index contributed by atoms with van der Waals surface area (Å²) in [6.45, 7) is 1.07. The van der Waals surface area contributed by atoms with Gasteiger partial charge in [0.15, 0.2) is 0 Å². The smallest absolute Gasteiger partial charge is 0.0406 e. The minimum absolute atomic E-state index is 0.414. The Hall–Kier alpha value is -0.570. The third-order valence-corrected chi connectivity index (χ3v) is 3.73. The maximum atomic E-state index is 5.96. The lowest BCUT2D eigenvalue weighted by Crippen LogP contribution is -2.25. The fraction of sp³-hybridized carbons (Fsp3) is 0.455. The molecule has 3 heteroatoms. The Labute approximate surface area is 88.4 Å². The zero-order chi connectivity index (χ0) is 9.71. The lowest BCUT2D eigenvalue weighted by Gasteiger charge is -2.14. The van der Waals surface area contributed by atoms with E-state index in [2.05, 4.69) is 17.4 Å². The van der Waals surface area contributed by atoms with Crippen molar-refractivity contribution < 1.29 is 0 Å². The van der Waals surface area contributed by atoms with Crippen LogP contribution in [0.3, 0.4) is 0 Å². The van der Waals surface area contributed by atoms with E-state index in [1.54, 1.807) is 0 Å². The molecule has 74 valence electrons. The van der Waals surface area contributed by atoms with Crippen LogP contribution < -0.4 is 11.1 Å². The quantitative estimate of drug-likeness (QED) is 0.735. The highest BCUT2D eigenvalue weighted by Gasteiger charge is 2.56. The number of nitrogens with one attached hydrogen (secondary N) is 1. The molecular formula is C11H13ClN2. The summed E-state index contributed by atoms with van der Waals surface area (Å²) in [5.74, 6) is 1.35. The summed E-state index contributed by atoms with van der Waals surface area (Å²) in [5.41, 5.74) is 7.28. The average molecular weight is 209 g/mol. The number of hydrogen-bond acceptors (Lipinski definition) is 2. The number of hydrogen-bond donors (Lipinski definition) is 2. The largest absolute Gasteiger partial charge is 0.327 e. The van der Waals surface area contributed by atoms with Gasteiger partial charge in [0.2, 0.25) is 0 Å². The molecule has 1 saturated carbocycles. The van der Waals surface area contributed by atoms with Gasteiger partial charge in [-0.05, 0) is 29.5 Å². The molecule has 3 N–H and O–H groups in total. The van der Waals surface area contributed by atoms with Crippen molar-refractivity contribution in [3.05, 3.63) is 34.9 Å². The number of benzene rings is 1. The van der Waals surface area contributed by atoms with E-state index in [9.17, 15) is 0 Å². The Morgan fingerprint density at radius 3 is 2.57 bits per heavy atom. The van der Waals surface area contributed by atoms with Crippen LogP contribution in [0.25, 0.3) is 0 Å². The van der Waals surface area contributed by atoms with Crippen LogP contribution in [0.2, 0.25) is 5.02 Å². The maximum Gasteiger partial charge on any atom is 0.0406 e. The summed E-state index contributed by atoms with van der Waals surface area (Å²) in [6.07, 6.45) is 0. The summed E-state index contributed by atoms with van der Waals surface area (Å²) in [5, 5.41) is 4.29. The number of fused-ring (bicyclic) bond motifs is 1. The lowest BCUT2D eigenvalue weighted by atomic mass is 10.0. The van der Waals surface area contributed by atoms with E-state index < -0.39 is 0 Å². The highest BCUT2D eigenvalue weighted by Crippen LogP contribution is 2.50. The van der Waals surface area contributed by atoms with Gasteiger partial charge in [-0.1, -0.05) is 23.7 Å². The van der Waals surface area contributed by atoms with Gasteiger partial charge in [0.1, 0.15) is 0 Å². The van der Waals surface area contributed by atoms with Crippen LogP contribution in [0.1, 0.15) is 11.6 Å². The maximum absolute atomic E-state index is 5.96. The van der Waals surface area contributed by atoms with Crippen molar-refractivity contribution >= 4 is 11.6 Å². The summed E-state index contributed by atoms with van der Waals surface area (Å²) in [7, 11) is 0. The first-order valence-electron chi connectivity index (χ1n) is 5.02. The monoisotopic (exact) mass is 208 g/mol. The van der Waals surface area contributed by atoms with Crippen molar-refractivity contribution in [1.29, 1.82) is 0 Å². The number of nitrogens with two attached hydrogens (primary N) is 1. The first-order valence-corrected chi connectivity index (χ1v) is 5.39. The van der Waals surface area contributed by atoms with Crippen LogP contribution in [-0.2, 0) is 0 Å². The standard InChI is InChI=1S/C11H13ClN2/c12-7-3-1-6(2-4-7)11-9-8(5-14-11)10(9)13/h1-4,8-11,14H,5,13H2. The predicted molar refractivity (Wildman–Crippen MR) is 57.2 cm³/mol. The minimum Gasteiger partial charge on any atom is -0.327 e. The van der Waals surface area contributed by atoms with Gasteiger partial charge in [-0.25, -0.2) is 0 Å². The summed E-state index contributed by atoms with van der Waals surface area (Å²) in [6, 6.07) is 8.93. The van der Waals surface area contributed by atoms with E-state index in [0.29, 0.717) is 23.9 Å². The molecule has 0 amide bonds. The Morgan fingerprint density at radius 1 is 1.29 bits per heavy atom. The third kappa shape index (κ3) is 1.18. The van der Waals surface area contributed by atoms with Crippen molar-refractivity contribution in [2.45, 2.75) is 12.1 Å². The zero-order valence-corrected chi connectivity index (χ0v) is 8.54. The summed E-state index contributed by atoms with van der Waals surface area (Å²) >= 11 is 5.85. The van der Waals surface area contributed by atoms with Crippen LogP contribution in [0, 0.1) is 11.8 Å². The van der Waals surface area contributed by atoms with Gasteiger partial charge in [-0.3, -0.25) is 0 Å². The van der Waals surface area contributed by atoms with Gasteiger partial charge < -0.3 is 11.1 Å². The second-order valence-electron chi connectivity index (χ2n) is 4.26. The molecule has 14 heavy (non-hydrogen) atoms. The SMILES string of the molecule is NC1C2CNC(c3ccc(Cl)cc3)C12. The second kappa shape index (κ2) is 2.96. The molecule has 0 radical (unpaired) electrons. The van der Waals surface area contributed by atoms with Crippen molar-refractivity contribution in [3.8, 4) is 0 Å². The van der Waals surface area contributed by atoms with Crippen LogP contribution in [0.4, 0.5) is 0 Å². The first-order chi connectivity index (χ1) is 6.77. The summed E-state index contributed by atoms with van der Waals surface area (Å²) < 4.78 is 0. The zero-order valence-electron chi connectivity index (χ0n) is 7.78. The molecule has 2 aliphatic rings. The molecule has 3 rings (SSSR count). The van der Waals surface area contributed by atoms with E-state index in [-0.39, 0.29) is 0 Å². The second-order valence-corrected chi connectivity index (χ2v) is 4.69. The molecule has 1 aromatic carbocycles. The van der Waals surface area contributed by atoms with E-state index in [4.69, 9.17) is 17.3 Å². The predicted octanol–water partition coefficient (Wildman–Crippen LogP) is 1.56. The fourth-order valence-corrected chi connectivity index (χ4v) is 2.71. The first kappa shape index (κ1) is 8.72. The van der Waals surface area contributed by atoms with Crippen LogP contribution >= 0.6 is 11.6 Å². The van der Waals surface area contributed by atoms with E-state index in [1.807, 2.05) is 12.1 Å². The van der Waals surface area contributed by atoms with Crippen LogP contribution in [0.5, 0.6) is 0 Å². The Kier molecular flexibility index (Phi) is 1.84. The van der Waals surface area contributed by atoms with Gasteiger partial charge in [0, 0.05) is 23.7 Å².